The fraction of sp³-hybridized carbons (Fsp3) is 0.333. The summed E-state index contributed by atoms with van der Waals surface area (Å²) >= 11 is 2.84. The molecule has 8 heteroatoms. The summed E-state index contributed by atoms with van der Waals surface area (Å²) in [6.07, 6.45) is 0.940. The molecule has 1 saturated heterocycles. The Labute approximate surface area is 124 Å². The molecule has 2 aromatic heterocycles. The van der Waals surface area contributed by atoms with Crippen molar-refractivity contribution in [2.45, 2.75) is 12.5 Å². The molecule has 1 atom stereocenters. The van der Waals surface area contributed by atoms with Crippen molar-refractivity contribution in [2.24, 2.45) is 5.73 Å². The van der Waals surface area contributed by atoms with Gasteiger partial charge in [0.2, 0.25) is 0 Å². The molecule has 106 valence electrons. The maximum atomic E-state index is 12.2. The molecule has 1 aliphatic heterocycles. The zero-order valence-corrected chi connectivity index (χ0v) is 12.3. The number of nitrogens with zero attached hydrogens (tertiary/aromatic N) is 2. The summed E-state index contributed by atoms with van der Waals surface area (Å²) in [6.45, 7) is 1.62. The van der Waals surface area contributed by atoms with Gasteiger partial charge in [0.25, 0.3) is 5.91 Å². The molecule has 6 nitrogen and oxygen atoms in total. The molecular formula is C12H15N5OS2. The quantitative estimate of drug-likeness (QED) is 0.799. The Balaban J connectivity index is 1.76. The first-order valence-electron chi connectivity index (χ1n) is 6.24. The standard InChI is InChI=1S/C12H15N5OS2/c13-7-1-3-17(5-7)12-16-10(14)9(20-12)11(18)15-8-2-4-19-6-8/h2,4,6-7H,1,3,5,13-14H2,(H,15,18). The molecule has 1 fully saturated rings. The van der Waals surface area contributed by atoms with E-state index in [9.17, 15) is 4.79 Å². The second kappa shape index (κ2) is 5.39. The minimum atomic E-state index is -0.215. The van der Waals surface area contributed by atoms with Gasteiger partial charge in [-0.25, -0.2) is 4.98 Å². The average molecular weight is 309 g/mol. The number of hydrogen-bond acceptors (Lipinski definition) is 7. The smallest absolute Gasteiger partial charge is 0.269 e. The Morgan fingerprint density at radius 2 is 2.40 bits per heavy atom. The SMILES string of the molecule is Nc1nc(N2CCC(N)C2)sc1C(=O)Nc1ccsc1. The van der Waals surface area contributed by atoms with Gasteiger partial charge in [-0.2, -0.15) is 11.3 Å². The van der Waals surface area contributed by atoms with E-state index in [1.54, 1.807) is 0 Å². The number of aromatic nitrogens is 1. The summed E-state index contributed by atoms with van der Waals surface area (Å²) in [5, 5.41) is 7.36. The Hall–Kier alpha value is -1.64. The van der Waals surface area contributed by atoms with Gasteiger partial charge in [0.1, 0.15) is 10.7 Å². The summed E-state index contributed by atoms with van der Waals surface area (Å²) in [7, 11) is 0. The van der Waals surface area contributed by atoms with Crippen molar-refractivity contribution in [2.75, 3.05) is 29.0 Å². The van der Waals surface area contributed by atoms with E-state index in [1.807, 2.05) is 16.8 Å². The van der Waals surface area contributed by atoms with Gasteiger partial charge in [-0.05, 0) is 17.9 Å². The van der Waals surface area contributed by atoms with Gasteiger partial charge < -0.3 is 21.7 Å². The number of nitrogens with two attached hydrogens (primary N) is 2. The van der Waals surface area contributed by atoms with Crippen LogP contribution in [0.3, 0.4) is 0 Å². The summed E-state index contributed by atoms with van der Waals surface area (Å²) in [5.74, 6) is 0.0614. The Bertz CT molecular complexity index is 609. The molecule has 0 radical (unpaired) electrons. The fourth-order valence-electron chi connectivity index (χ4n) is 2.10. The van der Waals surface area contributed by atoms with Crippen LogP contribution in [0.4, 0.5) is 16.6 Å². The largest absolute Gasteiger partial charge is 0.382 e. The van der Waals surface area contributed by atoms with Crippen molar-refractivity contribution in [3.05, 3.63) is 21.7 Å². The molecule has 3 rings (SSSR count). The molecule has 2 aromatic rings. The van der Waals surface area contributed by atoms with Crippen molar-refractivity contribution < 1.29 is 4.79 Å². The third-order valence-corrected chi connectivity index (χ3v) is 4.94. The van der Waals surface area contributed by atoms with Gasteiger partial charge >= 0.3 is 0 Å². The lowest BCUT2D eigenvalue weighted by Gasteiger charge is -2.12. The van der Waals surface area contributed by atoms with E-state index in [4.69, 9.17) is 11.5 Å². The van der Waals surface area contributed by atoms with Crippen LogP contribution in [0.1, 0.15) is 16.1 Å². The molecule has 1 amide bonds. The van der Waals surface area contributed by atoms with E-state index >= 15 is 0 Å². The van der Waals surface area contributed by atoms with Crippen LogP contribution in [-0.4, -0.2) is 30.0 Å². The first-order chi connectivity index (χ1) is 9.63. The minimum absolute atomic E-state index is 0.170. The zero-order chi connectivity index (χ0) is 14.1. The fourth-order valence-corrected chi connectivity index (χ4v) is 3.61. The molecule has 1 unspecified atom stereocenters. The number of hydrogen-bond donors (Lipinski definition) is 3. The lowest BCUT2D eigenvalue weighted by atomic mass is 10.3. The number of nitrogens with one attached hydrogen (secondary N) is 1. The van der Waals surface area contributed by atoms with E-state index in [0.717, 1.165) is 30.3 Å². The van der Waals surface area contributed by atoms with Gasteiger partial charge in [-0.3, -0.25) is 4.79 Å². The first-order valence-corrected chi connectivity index (χ1v) is 8.00. The first kappa shape index (κ1) is 13.3. The van der Waals surface area contributed by atoms with Crippen LogP contribution in [0.2, 0.25) is 0 Å². The molecule has 0 spiro atoms. The lowest BCUT2D eigenvalue weighted by molar-refractivity contribution is 0.103. The molecule has 1 aliphatic rings. The van der Waals surface area contributed by atoms with Gasteiger partial charge in [-0.15, -0.1) is 0 Å². The third kappa shape index (κ3) is 2.62. The van der Waals surface area contributed by atoms with Gasteiger partial charge in [-0.1, -0.05) is 11.3 Å². The van der Waals surface area contributed by atoms with E-state index < -0.39 is 0 Å². The molecule has 3 heterocycles. The van der Waals surface area contributed by atoms with Crippen LogP contribution in [0, 0.1) is 0 Å². The summed E-state index contributed by atoms with van der Waals surface area (Å²) in [5.41, 5.74) is 12.5. The number of nitrogen functional groups attached to an aromatic ring is 1. The third-order valence-electron chi connectivity index (χ3n) is 3.12. The van der Waals surface area contributed by atoms with Crippen LogP contribution >= 0.6 is 22.7 Å². The highest BCUT2D eigenvalue weighted by Gasteiger charge is 2.24. The predicted octanol–water partition coefficient (Wildman–Crippen LogP) is 1.58. The number of thiophene rings is 1. The van der Waals surface area contributed by atoms with Crippen molar-refractivity contribution in [1.29, 1.82) is 0 Å². The number of rotatable bonds is 3. The number of anilines is 3. The number of thiazole rings is 1. The van der Waals surface area contributed by atoms with E-state index in [2.05, 4.69) is 15.2 Å². The topological polar surface area (TPSA) is 97.3 Å². The van der Waals surface area contributed by atoms with Crippen molar-refractivity contribution in [1.82, 2.24) is 4.98 Å². The average Bonchev–Trinajstić information content (AvgIpc) is 3.10. The van der Waals surface area contributed by atoms with E-state index in [0.29, 0.717) is 4.88 Å². The Morgan fingerprint density at radius 3 is 3.05 bits per heavy atom. The maximum absolute atomic E-state index is 12.2. The summed E-state index contributed by atoms with van der Waals surface area (Å²) < 4.78 is 0. The van der Waals surface area contributed by atoms with Crippen LogP contribution < -0.4 is 21.7 Å². The summed E-state index contributed by atoms with van der Waals surface area (Å²) in [4.78, 5) is 19.0. The van der Waals surface area contributed by atoms with E-state index in [-0.39, 0.29) is 17.8 Å². The number of carbonyl (C=O) groups excluding carboxylic acids is 1. The molecule has 0 aliphatic carbocycles. The van der Waals surface area contributed by atoms with Gasteiger partial charge in [0.05, 0.1) is 5.69 Å². The Kier molecular flexibility index (Phi) is 3.60. The molecule has 0 saturated carbocycles. The molecular weight excluding hydrogens is 294 g/mol. The highest BCUT2D eigenvalue weighted by Crippen LogP contribution is 2.30. The lowest BCUT2D eigenvalue weighted by Crippen LogP contribution is -2.26. The molecule has 5 N–H and O–H groups in total. The van der Waals surface area contributed by atoms with Crippen LogP contribution in [0.5, 0.6) is 0 Å². The molecule has 20 heavy (non-hydrogen) atoms. The second-order valence-electron chi connectivity index (χ2n) is 4.67. The van der Waals surface area contributed by atoms with Crippen LogP contribution in [-0.2, 0) is 0 Å². The van der Waals surface area contributed by atoms with Crippen molar-refractivity contribution in [3.63, 3.8) is 0 Å². The highest BCUT2D eigenvalue weighted by atomic mass is 32.1. The van der Waals surface area contributed by atoms with Gasteiger partial charge in [0.15, 0.2) is 5.13 Å². The number of carbonyl (C=O) groups is 1. The van der Waals surface area contributed by atoms with Crippen LogP contribution in [0.25, 0.3) is 0 Å². The Morgan fingerprint density at radius 1 is 1.55 bits per heavy atom. The van der Waals surface area contributed by atoms with Gasteiger partial charge in [0, 0.05) is 24.5 Å². The molecule has 0 aromatic carbocycles. The number of amides is 1. The highest BCUT2D eigenvalue weighted by molar-refractivity contribution is 7.18. The molecule has 0 bridgehead atoms. The minimum Gasteiger partial charge on any atom is -0.382 e. The van der Waals surface area contributed by atoms with Crippen LogP contribution in [0.15, 0.2) is 16.8 Å². The summed E-state index contributed by atoms with van der Waals surface area (Å²) in [6, 6.07) is 2.02. The monoisotopic (exact) mass is 309 g/mol. The van der Waals surface area contributed by atoms with Crippen molar-refractivity contribution in [3.8, 4) is 0 Å². The van der Waals surface area contributed by atoms with Crippen molar-refractivity contribution >= 4 is 45.2 Å². The predicted molar refractivity (Wildman–Crippen MR) is 83.6 cm³/mol. The maximum Gasteiger partial charge on any atom is 0.269 e. The van der Waals surface area contributed by atoms with E-state index in [1.165, 1.54) is 22.7 Å². The normalized spacial score (nSPS) is 18.4. The second-order valence-corrected chi connectivity index (χ2v) is 6.43. The zero-order valence-electron chi connectivity index (χ0n) is 10.7.